The molecule has 0 aromatic heterocycles. The van der Waals surface area contributed by atoms with E-state index in [4.69, 9.17) is 0 Å². The van der Waals surface area contributed by atoms with Crippen molar-refractivity contribution in [2.45, 2.75) is 155 Å². The van der Waals surface area contributed by atoms with Gasteiger partial charge in [-0.25, -0.2) is 4.79 Å². The lowest BCUT2D eigenvalue weighted by molar-refractivity contribution is -0.134. The number of esters is 1. The summed E-state index contributed by atoms with van der Waals surface area (Å²) in [6, 6.07) is 0. The average molecular weight is 423 g/mol. The van der Waals surface area contributed by atoms with Gasteiger partial charge in [0.2, 0.25) is 0 Å². The van der Waals surface area contributed by atoms with Gasteiger partial charge in [0.1, 0.15) is 0 Å². The van der Waals surface area contributed by atoms with E-state index in [0.29, 0.717) is 0 Å². The molecule has 0 amide bonds. The number of hydrogen-bond acceptors (Lipinski definition) is 2. The molecule has 0 saturated heterocycles. The fourth-order valence-corrected chi connectivity index (χ4v) is 4.12. The Morgan fingerprint density at radius 2 is 0.833 bits per heavy atom. The van der Waals surface area contributed by atoms with E-state index < -0.39 is 0 Å². The van der Waals surface area contributed by atoms with Gasteiger partial charge in [0.05, 0.1) is 7.11 Å². The highest BCUT2D eigenvalue weighted by Gasteiger charge is 1.96. The number of rotatable bonds is 24. The number of carbonyl (C=O) groups is 1. The van der Waals surface area contributed by atoms with Crippen LogP contribution in [0.4, 0.5) is 0 Å². The Labute approximate surface area is 189 Å². The molecule has 0 rings (SSSR count). The van der Waals surface area contributed by atoms with Crippen LogP contribution < -0.4 is 0 Å². The summed E-state index contributed by atoms with van der Waals surface area (Å²) in [4.78, 5) is 10.9. The van der Waals surface area contributed by atoms with Crippen LogP contribution in [0.25, 0.3) is 0 Å². The number of methoxy groups -OCH3 is 1. The van der Waals surface area contributed by atoms with E-state index in [9.17, 15) is 4.79 Å². The lowest BCUT2D eigenvalue weighted by atomic mass is 10.0. The summed E-state index contributed by atoms with van der Waals surface area (Å²) in [5.41, 5.74) is 0. The molecule has 178 valence electrons. The van der Waals surface area contributed by atoms with Crippen molar-refractivity contribution in [2.75, 3.05) is 7.11 Å². The van der Waals surface area contributed by atoms with Crippen molar-refractivity contribution in [3.8, 4) is 0 Å². The molecule has 0 atom stereocenters. The largest absolute Gasteiger partial charge is 0.466 e. The molecular weight excluding hydrogens is 368 g/mol. The average Bonchev–Trinajstić information content (AvgIpc) is 2.76. The normalized spacial score (nSPS) is 11.4. The summed E-state index contributed by atoms with van der Waals surface area (Å²) in [6.45, 7) is 2.29. The van der Waals surface area contributed by atoms with E-state index >= 15 is 0 Å². The quantitative estimate of drug-likeness (QED) is 0.0878. The zero-order valence-corrected chi connectivity index (χ0v) is 20.7. The predicted octanol–water partition coefficient (Wildman–Crippen LogP) is 9.71. The van der Waals surface area contributed by atoms with Crippen LogP contribution in [0.15, 0.2) is 12.2 Å². The molecule has 0 spiro atoms. The maximum Gasteiger partial charge on any atom is 0.330 e. The van der Waals surface area contributed by atoms with E-state index in [0.717, 1.165) is 6.42 Å². The van der Waals surface area contributed by atoms with Gasteiger partial charge in [-0.15, -0.1) is 0 Å². The van der Waals surface area contributed by atoms with Gasteiger partial charge < -0.3 is 4.74 Å². The van der Waals surface area contributed by atoms with Crippen LogP contribution in [-0.4, -0.2) is 13.1 Å². The van der Waals surface area contributed by atoms with Crippen LogP contribution in [-0.2, 0) is 9.53 Å². The van der Waals surface area contributed by atoms with Gasteiger partial charge in [-0.2, -0.15) is 0 Å². The molecule has 0 saturated carbocycles. The molecule has 0 fully saturated rings. The highest BCUT2D eigenvalue weighted by atomic mass is 16.5. The Kier molecular flexibility index (Phi) is 25.6. The highest BCUT2D eigenvalue weighted by Crippen LogP contribution is 2.15. The highest BCUT2D eigenvalue weighted by molar-refractivity contribution is 5.81. The Hall–Kier alpha value is -0.790. The maximum atomic E-state index is 10.9. The van der Waals surface area contributed by atoms with Crippen LogP contribution >= 0.6 is 0 Å². The number of hydrogen-bond donors (Lipinski definition) is 0. The van der Waals surface area contributed by atoms with E-state index in [1.807, 2.05) is 6.08 Å². The van der Waals surface area contributed by atoms with Crippen LogP contribution in [0.1, 0.15) is 155 Å². The van der Waals surface area contributed by atoms with Gasteiger partial charge in [-0.05, 0) is 12.8 Å². The van der Waals surface area contributed by atoms with Crippen molar-refractivity contribution in [3.05, 3.63) is 12.2 Å². The lowest BCUT2D eigenvalue weighted by Gasteiger charge is -2.04. The summed E-state index contributed by atoms with van der Waals surface area (Å²) >= 11 is 0. The Bertz CT molecular complexity index is 362. The topological polar surface area (TPSA) is 26.3 Å². The summed E-state index contributed by atoms with van der Waals surface area (Å²) in [6.07, 6.45) is 35.7. The number of ether oxygens (including phenoxy) is 1. The van der Waals surface area contributed by atoms with Crippen LogP contribution in [0.5, 0.6) is 0 Å². The molecule has 0 aliphatic carbocycles. The second-order valence-electron chi connectivity index (χ2n) is 9.14. The number of unbranched alkanes of at least 4 members (excludes halogenated alkanes) is 22. The van der Waals surface area contributed by atoms with Crippen LogP contribution in [0.3, 0.4) is 0 Å². The first-order chi connectivity index (χ1) is 14.8. The Morgan fingerprint density at radius 3 is 1.13 bits per heavy atom. The molecule has 0 N–H and O–H groups in total. The SMILES string of the molecule is CCCCCCCCCCCCCCCCCCCCCCCCC=CC(=O)OC. The van der Waals surface area contributed by atoms with E-state index in [-0.39, 0.29) is 5.97 Å². The minimum atomic E-state index is -0.242. The summed E-state index contributed by atoms with van der Waals surface area (Å²) in [5.74, 6) is -0.242. The van der Waals surface area contributed by atoms with Crippen molar-refractivity contribution >= 4 is 5.97 Å². The smallest absolute Gasteiger partial charge is 0.330 e. The first-order valence-corrected chi connectivity index (χ1v) is 13.6. The van der Waals surface area contributed by atoms with Crippen LogP contribution in [0.2, 0.25) is 0 Å². The van der Waals surface area contributed by atoms with Crippen molar-refractivity contribution in [3.63, 3.8) is 0 Å². The van der Waals surface area contributed by atoms with Gasteiger partial charge in [-0.1, -0.05) is 148 Å². The predicted molar refractivity (Wildman–Crippen MR) is 133 cm³/mol. The third-order valence-corrected chi connectivity index (χ3v) is 6.18. The first-order valence-electron chi connectivity index (χ1n) is 13.6. The third kappa shape index (κ3) is 25.2. The Balaban J connectivity index is 3.05. The lowest BCUT2D eigenvalue weighted by Crippen LogP contribution is -1.93. The van der Waals surface area contributed by atoms with E-state index in [1.165, 1.54) is 154 Å². The Morgan fingerprint density at radius 1 is 0.533 bits per heavy atom. The minimum Gasteiger partial charge on any atom is -0.466 e. The second kappa shape index (κ2) is 26.2. The van der Waals surface area contributed by atoms with Gasteiger partial charge >= 0.3 is 5.97 Å². The molecule has 0 aliphatic heterocycles. The number of allylic oxidation sites excluding steroid dienone is 1. The van der Waals surface area contributed by atoms with Crippen molar-refractivity contribution in [1.29, 1.82) is 0 Å². The second-order valence-corrected chi connectivity index (χ2v) is 9.14. The van der Waals surface area contributed by atoms with E-state index in [1.54, 1.807) is 0 Å². The maximum absolute atomic E-state index is 10.9. The minimum absolute atomic E-state index is 0.242. The zero-order chi connectivity index (χ0) is 22.0. The summed E-state index contributed by atoms with van der Waals surface area (Å²) in [5, 5.41) is 0. The molecule has 0 aromatic rings. The zero-order valence-electron chi connectivity index (χ0n) is 20.7. The van der Waals surface area contributed by atoms with Crippen molar-refractivity contribution in [2.24, 2.45) is 0 Å². The summed E-state index contributed by atoms with van der Waals surface area (Å²) in [7, 11) is 1.42. The molecule has 0 aliphatic rings. The molecular formula is C28H54O2. The number of carbonyl (C=O) groups excluding carboxylic acids is 1. The molecule has 30 heavy (non-hydrogen) atoms. The molecule has 0 heterocycles. The third-order valence-electron chi connectivity index (χ3n) is 6.18. The first kappa shape index (κ1) is 29.2. The molecule has 0 unspecified atom stereocenters. The summed E-state index contributed by atoms with van der Waals surface area (Å²) < 4.78 is 4.58. The van der Waals surface area contributed by atoms with Crippen molar-refractivity contribution in [1.82, 2.24) is 0 Å². The monoisotopic (exact) mass is 422 g/mol. The van der Waals surface area contributed by atoms with E-state index in [2.05, 4.69) is 11.7 Å². The van der Waals surface area contributed by atoms with Gasteiger partial charge in [0, 0.05) is 6.08 Å². The van der Waals surface area contributed by atoms with Gasteiger partial charge in [0.25, 0.3) is 0 Å². The van der Waals surface area contributed by atoms with Crippen LogP contribution in [0, 0.1) is 0 Å². The van der Waals surface area contributed by atoms with Crippen molar-refractivity contribution < 1.29 is 9.53 Å². The molecule has 0 aromatic carbocycles. The fourth-order valence-electron chi connectivity index (χ4n) is 4.12. The molecule has 2 nitrogen and oxygen atoms in total. The standard InChI is InChI=1S/C28H54O2/c1-3-4-5-6-7-8-9-10-11-12-13-14-15-16-17-18-19-20-21-22-23-24-25-26-27-28(29)30-2/h26-27H,3-25H2,1-2H3. The molecule has 2 heteroatoms. The molecule has 0 bridgehead atoms. The van der Waals surface area contributed by atoms with Gasteiger partial charge in [0.15, 0.2) is 0 Å². The van der Waals surface area contributed by atoms with Gasteiger partial charge in [-0.3, -0.25) is 0 Å². The fraction of sp³-hybridized carbons (Fsp3) is 0.893. The molecule has 0 radical (unpaired) electrons.